The minimum absolute atomic E-state index is 0.717. The van der Waals surface area contributed by atoms with Gasteiger partial charge in [-0.2, -0.15) is 0 Å². The highest BCUT2D eigenvalue weighted by Crippen LogP contribution is 2.24. The van der Waals surface area contributed by atoms with Crippen molar-refractivity contribution in [1.29, 1.82) is 0 Å². The van der Waals surface area contributed by atoms with Gasteiger partial charge in [0.05, 0.1) is 0 Å². The Morgan fingerprint density at radius 2 is 1.62 bits per heavy atom. The van der Waals surface area contributed by atoms with Crippen LogP contribution in [0.5, 0.6) is 0 Å². The van der Waals surface area contributed by atoms with E-state index in [9.17, 15) is 9.59 Å². The fraction of sp³-hybridized carbons (Fsp3) is 0.375. The summed E-state index contributed by atoms with van der Waals surface area (Å²) in [6.07, 6.45) is -3.57. The van der Waals surface area contributed by atoms with E-state index in [-0.39, 0.29) is 0 Å². The zero-order chi connectivity index (χ0) is 18.4. The molecule has 24 heavy (non-hydrogen) atoms. The SMILES string of the molecule is Cc1c(CCN)c2ccccc2n1C.O=C(O)C(O)C(O)C(=O)O. The van der Waals surface area contributed by atoms with Crippen molar-refractivity contribution in [3.05, 3.63) is 35.5 Å². The monoisotopic (exact) mass is 338 g/mol. The largest absolute Gasteiger partial charge is 0.479 e. The van der Waals surface area contributed by atoms with Crippen LogP contribution < -0.4 is 5.73 Å². The molecule has 1 heterocycles. The highest BCUT2D eigenvalue weighted by molar-refractivity contribution is 5.85. The molecule has 1 aromatic heterocycles. The quantitative estimate of drug-likeness (QED) is 0.510. The molecule has 8 heteroatoms. The second kappa shape index (κ2) is 8.44. The van der Waals surface area contributed by atoms with Crippen LogP contribution in [-0.2, 0) is 23.1 Å². The molecule has 0 aliphatic rings. The molecular formula is C16H22N2O6. The lowest BCUT2D eigenvalue weighted by atomic mass is 10.1. The van der Waals surface area contributed by atoms with E-state index < -0.39 is 24.1 Å². The van der Waals surface area contributed by atoms with E-state index in [1.54, 1.807) is 0 Å². The van der Waals surface area contributed by atoms with E-state index in [0.717, 1.165) is 13.0 Å². The van der Waals surface area contributed by atoms with Crippen LogP contribution in [0.2, 0.25) is 0 Å². The first-order valence-corrected chi connectivity index (χ1v) is 7.27. The zero-order valence-corrected chi connectivity index (χ0v) is 13.5. The topological polar surface area (TPSA) is 146 Å². The normalized spacial score (nSPS) is 13.0. The lowest BCUT2D eigenvalue weighted by Gasteiger charge is -2.07. The van der Waals surface area contributed by atoms with E-state index in [2.05, 4.69) is 42.8 Å². The molecular weight excluding hydrogens is 316 g/mol. The summed E-state index contributed by atoms with van der Waals surface area (Å²) >= 11 is 0. The summed E-state index contributed by atoms with van der Waals surface area (Å²) in [4.78, 5) is 19.5. The van der Waals surface area contributed by atoms with Crippen LogP contribution in [-0.4, -0.2) is 55.7 Å². The molecule has 0 saturated heterocycles. The summed E-state index contributed by atoms with van der Waals surface area (Å²) in [5, 5.41) is 33.9. The minimum Gasteiger partial charge on any atom is -0.479 e. The number of benzene rings is 1. The number of carboxylic acids is 2. The first-order chi connectivity index (χ1) is 11.2. The van der Waals surface area contributed by atoms with Crippen LogP contribution in [0, 0.1) is 6.92 Å². The van der Waals surface area contributed by atoms with Gasteiger partial charge in [-0.3, -0.25) is 0 Å². The smallest absolute Gasteiger partial charge is 0.335 e. The number of aliphatic hydroxyl groups excluding tert-OH is 2. The van der Waals surface area contributed by atoms with Gasteiger partial charge in [0.25, 0.3) is 0 Å². The third kappa shape index (κ3) is 4.31. The van der Waals surface area contributed by atoms with Crippen molar-refractivity contribution >= 4 is 22.8 Å². The molecule has 8 nitrogen and oxygen atoms in total. The highest BCUT2D eigenvalue weighted by atomic mass is 16.4. The molecule has 2 atom stereocenters. The summed E-state index contributed by atoms with van der Waals surface area (Å²) in [5.74, 6) is -3.54. The fourth-order valence-corrected chi connectivity index (χ4v) is 2.33. The number of nitrogens with zero attached hydrogens (tertiary/aromatic N) is 1. The van der Waals surface area contributed by atoms with Crippen LogP contribution in [0.3, 0.4) is 0 Å². The van der Waals surface area contributed by atoms with Crippen molar-refractivity contribution in [1.82, 2.24) is 4.57 Å². The molecule has 0 spiro atoms. The summed E-state index contributed by atoms with van der Waals surface area (Å²) in [6, 6.07) is 8.49. The third-order valence-electron chi connectivity index (χ3n) is 3.73. The van der Waals surface area contributed by atoms with Crippen molar-refractivity contribution in [3.8, 4) is 0 Å². The first kappa shape index (κ1) is 19.6. The predicted molar refractivity (Wildman–Crippen MR) is 87.7 cm³/mol. The van der Waals surface area contributed by atoms with Crippen LogP contribution in [0.15, 0.2) is 24.3 Å². The molecule has 0 amide bonds. The summed E-state index contributed by atoms with van der Waals surface area (Å²) in [5.41, 5.74) is 9.64. The molecule has 0 bridgehead atoms. The second-order valence-corrected chi connectivity index (χ2v) is 5.24. The molecule has 0 fully saturated rings. The van der Waals surface area contributed by atoms with Gasteiger partial charge in [0.2, 0.25) is 0 Å². The molecule has 1 aromatic carbocycles. The lowest BCUT2D eigenvalue weighted by molar-refractivity contribution is -0.165. The van der Waals surface area contributed by atoms with E-state index in [4.69, 9.17) is 26.2 Å². The number of rotatable bonds is 5. The van der Waals surface area contributed by atoms with Gasteiger partial charge in [0, 0.05) is 23.6 Å². The Hall–Kier alpha value is -2.42. The molecule has 2 unspecified atom stereocenters. The summed E-state index contributed by atoms with van der Waals surface area (Å²) in [6.45, 7) is 2.87. The highest BCUT2D eigenvalue weighted by Gasteiger charge is 2.29. The number of fused-ring (bicyclic) bond motifs is 1. The van der Waals surface area contributed by atoms with Gasteiger partial charge in [-0.15, -0.1) is 0 Å². The van der Waals surface area contributed by atoms with Crippen molar-refractivity contribution < 1.29 is 30.0 Å². The Balaban J connectivity index is 0.000000257. The third-order valence-corrected chi connectivity index (χ3v) is 3.73. The molecule has 2 rings (SSSR count). The Morgan fingerprint density at radius 1 is 1.12 bits per heavy atom. The number of aromatic nitrogens is 1. The van der Waals surface area contributed by atoms with Gasteiger partial charge in [0.1, 0.15) is 0 Å². The molecule has 0 radical (unpaired) electrons. The van der Waals surface area contributed by atoms with Crippen molar-refractivity contribution in [3.63, 3.8) is 0 Å². The van der Waals surface area contributed by atoms with Gasteiger partial charge in [0.15, 0.2) is 12.2 Å². The lowest BCUT2D eigenvalue weighted by Crippen LogP contribution is -2.39. The summed E-state index contributed by atoms with van der Waals surface area (Å²) in [7, 11) is 2.11. The molecule has 0 aliphatic carbocycles. The number of aliphatic hydroxyl groups is 2. The predicted octanol–water partition coefficient (Wildman–Crippen LogP) is -0.135. The average molecular weight is 338 g/mol. The number of aliphatic carboxylic acids is 2. The van der Waals surface area contributed by atoms with E-state index in [1.807, 2.05) is 0 Å². The molecule has 132 valence electrons. The number of hydrogen-bond acceptors (Lipinski definition) is 5. The van der Waals surface area contributed by atoms with Crippen LogP contribution in [0.25, 0.3) is 10.9 Å². The van der Waals surface area contributed by atoms with E-state index >= 15 is 0 Å². The molecule has 2 aromatic rings. The van der Waals surface area contributed by atoms with Gasteiger partial charge in [-0.1, -0.05) is 18.2 Å². The van der Waals surface area contributed by atoms with Crippen molar-refractivity contribution in [2.24, 2.45) is 12.8 Å². The number of carboxylic acid groups (broad SMARTS) is 2. The maximum Gasteiger partial charge on any atom is 0.335 e. The zero-order valence-electron chi connectivity index (χ0n) is 13.5. The van der Waals surface area contributed by atoms with Crippen molar-refractivity contribution in [2.45, 2.75) is 25.6 Å². The van der Waals surface area contributed by atoms with E-state index in [1.165, 1.54) is 22.2 Å². The number of hydrogen-bond donors (Lipinski definition) is 5. The Morgan fingerprint density at radius 3 is 2.08 bits per heavy atom. The molecule has 6 N–H and O–H groups in total. The van der Waals surface area contributed by atoms with Gasteiger partial charge >= 0.3 is 11.9 Å². The summed E-state index contributed by atoms with van der Waals surface area (Å²) < 4.78 is 2.24. The Labute approximate surface area is 138 Å². The van der Waals surface area contributed by atoms with Crippen molar-refractivity contribution in [2.75, 3.05) is 6.54 Å². The van der Waals surface area contributed by atoms with Gasteiger partial charge < -0.3 is 30.7 Å². The van der Waals surface area contributed by atoms with E-state index in [0.29, 0.717) is 0 Å². The fourth-order valence-electron chi connectivity index (χ4n) is 2.33. The van der Waals surface area contributed by atoms with Crippen LogP contribution in [0.1, 0.15) is 11.3 Å². The Bertz CT molecular complexity index is 707. The first-order valence-electron chi connectivity index (χ1n) is 7.27. The maximum atomic E-state index is 9.77. The second-order valence-electron chi connectivity index (χ2n) is 5.24. The van der Waals surface area contributed by atoms with Gasteiger partial charge in [-0.25, -0.2) is 9.59 Å². The molecule has 0 saturated carbocycles. The van der Waals surface area contributed by atoms with Crippen LogP contribution >= 0.6 is 0 Å². The average Bonchev–Trinajstić information content (AvgIpc) is 2.79. The Kier molecular flexibility index (Phi) is 6.90. The number of carbonyl (C=O) groups is 2. The maximum absolute atomic E-state index is 9.77. The molecule has 0 aliphatic heterocycles. The van der Waals surface area contributed by atoms with Gasteiger partial charge in [-0.05, 0) is 31.5 Å². The van der Waals surface area contributed by atoms with Crippen LogP contribution in [0.4, 0.5) is 0 Å². The number of aryl methyl sites for hydroxylation is 1. The number of para-hydroxylation sites is 1. The minimum atomic E-state index is -2.27. The number of nitrogens with two attached hydrogens (primary N) is 1. The standard InChI is InChI=1S/C12H16N2.C4H6O6/c1-9-10(7-8-13)11-5-3-4-6-12(11)14(9)2;5-1(3(7)8)2(6)4(9)10/h3-6H,7-8,13H2,1-2H3;1-2,5-6H,(H,7,8)(H,9,10).